The molecule has 1 aliphatic heterocycles. The lowest BCUT2D eigenvalue weighted by molar-refractivity contribution is 0.0951. The van der Waals surface area contributed by atoms with Crippen LogP contribution in [-0.2, 0) is 6.54 Å². The summed E-state index contributed by atoms with van der Waals surface area (Å²) in [6.07, 6.45) is 0. The van der Waals surface area contributed by atoms with Crippen molar-refractivity contribution >= 4 is 11.6 Å². The zero-order valence-corrected chi connectivity index (χ0v) is 11.7. The maximum absolute atomic E-state index is 12.3. The number of anilines is 1. The Bertz CT molecular complexity index is 670. The van der Waals surface area contributed by atoms with E-state index in [-0.39, 0.29) is 12.7 Å². The summed E-state index contributed by atoms with van der Waals surface area (Å²) in [5.41, 5.74) is 2.32. The molecule has 3 rings (SSSR count). The first-order chi connectivity index (χ1) is 10.3. The number of rotatable bonds is 4. The molecule has 0 radical (unpaired) electrons. The zero-order valence-electron chi connectivity index (χ0n) is 11.7. The molecular formula is C16H16N2O3. The average Bonchev–Trinajstić information content (AvgIpc) is 3.01. The third kappa shape index (κ3) is 2.63. The summed E-state index contributed by atoms with van der Waals surface area (Å²) in [7, 11) is 1.79. The molecule has 0 fully saturated rings. The summed E-state index contributed by atoms with van der Waals surface area (Å²) < 4.78 is 10.7. The number of hydrogen-bond donors (Lipinski definition) is 2. The van der Waals surface area contributed by atoms with E-state index in [4.69, 9.17) is 9.47 Å². The summed E-state index contributed by atoms with van der Waals surface area (Å²) in [4.78, 5) is 12.3. The van der Waals surface area contributed by atoms with Gasteiger partial charge in [0.1, 0.15) is 0 Å². The molecule has 1 amide bonds. The molecular weight excluding hydrogens is 268 g/mol. The van der Waals surface area contributed by atoms with Crippen molar-refractivity contribution in [3.05, 3.63) is 53.6 Å². The van der Waals surface area contributed by atoms with Crippen molar-refractivity contribution in [1.29, 1.82) is 0 Å². The van der Waals surface area contributed by atoms with Gasteiger partial charge < -0.3 is 20.1 Å². The maximum Gasteiger partial charge on any atom is 0.253 e. The highest BCUT2D eigenvalue weighted by Crippen LogP contribution is 2.35. The third-order valence-electron chi connectivity index (χ3n) is 3.36. The van der Waals surface area contributed by atoms with E-state index in [1.807, 2.05) is 36.4 Å². The van der Waals surface area contributed by atoms with Gasteiger partial charge in [0.2, 0.25) is 6.79 Å². The molecule has 2 aromatic carbocycles. The molecule has 0 bridgehead atoms. The van der Waals surface area contributed by atoms with Gasteiger partial charge in [-0.2, -0.15) is 0 Å². The van der Waals surface area contributed by atoms with Gasteiger partial charge in [-0.15, -0.1) is 0 Å². The molecule has 21 heavy (non-hydrogen) atoms. The third-order valence-corrected chi connectivity index (χ3v) is 3.36. The molecule has 0 aromatic heterocycles. The minimum absolute atomic E-state index is 0.128. The van der Waals surface area contributed by atoms with Crippen LogP contribution in [0.4, 0.5) is 5.69 Å². The molecule has 2 N–H and O–H groups in total. The Kier molecular flexibility index (Phi) is 3.64. The largest absolute Gasteiger partial charge is 0.454 e. The van der Waals surface area contributed by atoms with Gasteiger partial charge in [-0.05, 0) is 18.2 Å². The van der Waals surface area contributed by atoms with Crippen LogP contribution < -0.4 is 20.1 Å². The molecule has 108 valence electrons. The number of ether oxygens (including phenoxy) is 2. The molecule has 1 aliphatic rings. The normalized spacial score (nSPS) is 12.0. The summed E-state index contributed by atoms with van der Waals surface area (Å²) in [6.45, 7) is 0.617. The SMILES string of the molecule is CNc1ccccc1C(=O)NCc1cccc2c1OCO2. The predicted molar refractivity (Wildman–Crippen MR) is 79.7 cm³/mol. The van der Waals surface area contributed by atoms with Gasteiger partial charge in [-0.3, -0.25) is 4.79 Å². The van der Waals surface area contributed by atoms with Gasteiger partial charge in [0.25, 0.3) is 5.91 Å². The highest BCUT2D eigenvalue weighted by Gasteiger charge is 2.18. The quantitative estimate of drug-likeness (QED) is 0.905. The predicted octanol–water partition coefficient (Wildman–Crippen LogP) is 2.39. The fourth-order valence-electron chi connectivity index (χ4n) is 2.30. The minimum atomic E-state index is -0.128. The zero-order chi connectivity index (χ0) is 14.7. The van der Waals surface area contributed by atoms with Crippen LogP contribution in [0.15, 0.2) is 42.5 Å². The first kappa shape index (κ1) is 13.3. The fourth-order valence-corrected chi connectivity index (χ4v) is 2.30. The molecule has 0 spiro atoms. The second kappa shape index (κ2) is 5.75. The minimum Gasteiger partial charge on any atom is -0.454 e. The second-order valence-corrected chi connectivity index (χ2v) is 4.63. The van der Waals surface area contributed by atoms with Crippen molar-refractivity contribution in [3.63, 3.8) is 0 Å². The van der Waals surface area contributed by atoms with E-state index in [0.717, 1.165) is 17.0 Å². The molecule has 2 aromatic rings. The van der Waals surface area contributed by atoms with Crippen LogP contribution in [0, 0.1) is 0 Å². The van der Waals surface area contributed by atoms with E-state index >= 15 is 0 Å². The maximum atomic E-state index is 12.3. The highest BCUT2D eigenvalue weighted by atomic mass is 16.7. The van der Waals surface area contributed by atoms with Gasteiger partial charge in [-0.25, -0.2) is 0 Å². The molecule has 5 nitrogen and oxygen atoms in total. The van der Waals surface area contributed by atoms with Crippen LogP contribution in [0.5, 0.6) is 11.5 Å². The Morgan fingerprint density at radius 1 is 1.14 bits per heavy atom. The van der Waals surface area contributed by atoms with Gasteiger partial charge in [-0.1, -0.05) is 24.3 Å². The number of para-hydroxylation sites is 2. The number of amides is 1. The number of hydrogen-bond acceptors (Lipinski definition) is 4. The van der Waals surface area contributed by atoms with Gasteiger partial charge in [0.05, 0.1) is 5.56 Å². The molecule has 5 heteroatoms. The lowest BCUT2D eigenvalue weighted by atomic mass is 10.1. The van der Waals surface area contributed by atoms with E-state index in [1.165, 1.54) is 0 Å². The average molecular weight is 284 g/mol. The topological polar surface area (TPSA) is 59.6 Å². The Morgan fingerprint density at radius 2 is 2.00 bits per heavy atom. The molecule has 0 atom stereocenters. The standard InChI is InChI=1S/C16H16N2O3/c1-17-13-7-3-2-6-12(13)16(19)18-9-11-5-4-8-14-15(11)21-10-20-14/h2-8,17H,9-10H2,1H3,(H,18,19). The number of fused-ring (bicyclic) bond motifs is 1. The highest BCUT2D eigenvalue weighted by molar-refractivity contribution is 5.99. The van der Waals surface area contributed by atoms with E-state index in [2.05, 4.69) is 10.6 Å². The smallest absolute Gasteiger partial charge is 0.253 e. The molecule has 0 aliphatic carbocycles. The lowest BCUT2D eigenvalue weighted by Gasteiger charge is -2.10. The lowest BCUT2D eigenvalue weighted by Crippen LogP contribution is -2.23. The van der Waals surface area contributed by atoms with E-state index in [1.54, 1.807) is 13.1 Å². The van der Waals surface area contributed by atoms with Crippen molar-refractivity contribution in [1.82, 2.24) is 5.32 Å². The molecule has 0 saturated carbocycles. The Hall–Kier alpha value is -2.69. The fraction of sp³-hybridized carbons (Fsp3) is 0.188. The number of carbonyl (C=O) groups is 1. The van der Waals surface area contributed by atoms with Crippen LogP contribution in [0.3, 0.4) is 0 Å². The van der Waals surface area contributed by atoms with Gasteiger partial charge >= 0.3 is 0 Å². The number of nitrogens with one attached hydrogen (secondary N) is 2. The monoisotopic (exact) mass is 284 g/mol. The van der Waals surface area contributed by atoms with E-state index < -0.39 is 0 Å². The van der Waals surface area contributed by atoms with Crippen LogP contribution in [0.1, 0.15) is 15.9 Å². The van der Waals surface area contributed by atoms with Crippen molar-refractivity contribution in [2.75, 3.05) is 19.2 Å². The first-order valence-electron chi connectivity index (χ1n) is 6.72. The van der Waals surface area contributed by atoms with Crippen molar-refractivity contribution in [2.24, 2.45) is 0 Å². The Morgan fingerprint density at radius 3 is 2.86 bits per heavy atom. The summed E-state index contributed by atoms with van der Waals surface area (Å²) >= 11 is 0. The van der Waals surface area contributed by atoms with Crippen molar-refractivity contribution in [2.45, 2.75) is 6.54 Å². The van der Waals surface area contributed by atoms with Crippen LogP contribution in [0.2, 0.25) is 0 Å². The number of carbonyl (C=O) groups excluding carboxylic acids is 1. The van der Waals surface area contributed by atoms with Crippen molar-refractivity contribution < 1.29 is 14.3 Å². The van der Waals surface area contributed by atoms with Gasteiger partial charge in [0.15, 0.2) is 11.5 Å². The number of benzene rings is 2. The first-order valence-corrected chi connectivity index (χ1v) is 6.72. The van der Waals surface area contributed by atoms with Gasteiger partial charge in [0, 0.05) is 24.8 Å². The van der Waals surface area contributed by atoms with E-state index in [0.29, 0.717) is 17.9 Å². The summed E-state index contributed by atoms with van der Waals surface area (Å²) in [5.74, 6) is 1.30. The molecule has 0 unspecified atom stereocenters. The summed E-state index contributed by atoms with van der Waals surface area (Å²) in [5, 5.41) is 5.92. The molecule has 0 saturated heterocycles. The second-order valence-electron chi connectivity index (χ2n) is 4.63. The van der Waals surface area contributed by atoms with Crippen LogP contribution >= 0.6 is 0 Å². The van der Waals surface area contributed by atoms with Crippen LogP contribution in [-0.4, -0.2) is 19.7 Å². The van der Waals surface area contributed by atoms with E-state index in [9.17, 15) is 4.79 Å². The molecule has 1 heterocycles. The van der Waals surface area contributed by atoms with Crippen LogP contribution in [0.25, 0.3) is 0 Å². The summed E-state index contributed by atoms with van der Waals surface area (Å²) in [6, 6.07) is 13.0. The Labute approximate surface area is 122 Å². The Balaban J connectivity index is 1.73. The van der Waals surface area contributed by atoms with Crippen molar-refractivity contribution in [3.8, 4) is 11.5 Å².